The maximum atomic E-state index is 12.2. The third-order valence-electron chi connectivity index (χ3n) is 3.51. The molecule has 0 saturated carbocycles. The molecule has 5 heteroatoms. The molecule has 0 spiro atoms. The minimum absolute atomic E-state index is 0.0292. The minimum atomic E-state index is 0.0292. The Morgan fingerprint density at radius 2 is 2.11 bits per heavy atom. The summed E-state index contributed by atoms with van der Waals surface area (Å²) in [6, 6.07) is 7.76. The Bertz CT molecular complexity index is 760. The van der Waals surface area contributed by atoms with E-state index in [1.807, 2.05) is 24.3 Å². The molecule has 1 aliphatic rings. The van der Waals surface area contributed by atoms with E-state index in [0.717, 1.165) is 41.6 Å². The van der Waals surface area contributed by atoms with Gasteiger partial charge in [0.05, 0.1) is 11.0 Å². The molecule has 90 valence electrons. The van der Waals surface area contributed by atoms with E-state index in [1.165, 1.54) is 4.68 Å². The Balaban J connectivity index is 1.95. The molecule has 0 aliphatic heterocycles. The van der Waals surface area contributed by atoms with Crippen molar-refractivity contribution >= 4 is 11.0 Å². The summed E-state index contributed by atoms with van der Waals surface area (Å²) < 4.78 is 1.52. The maximum Gasteiger partial charge on any atom is 0.277 e. The van der Waals surface area contributed by atoms with Gasteiger partial charge >= 0.3 is 0 Å². The van der Waals surface area contributed by atoms with Gasteiger partial charge in [0.2, 0.25) is 5.95 Å². The molecule has 4 rings (SSSR count). The minimum Gasteiger partial charge on any atom is -0.322 e. The Labute approximate surface area is 102 Å². The van der Waals surface area contributed by atoms with Crippen LogP contribution in [-0.2, 0) is 12.8 Å². The number of nitrogens with zero attached hydrogens (tertiary/aromatic N) is 2. The van der Waals surface area contributed by atoms with Crippen LogP contribution in [0.25, 0.3) is 17.0 Å². The first kappa shape index (κ1) is 9.70. The normalized spacial score (nSPS) is 14.2. The standard InChI is InChI=1S/C13H12N4O/c18-12-8-4-3-7-9(8)16-17(12)13-14-10-5-1-2-6-11(10)15-13/h1-2,5-6,16H,3-4,7H2,(H,14,15). The van der Waals surface area contributed by atoms with Crippen molar-refractivity contribution in [3.8, 4) is 5.95 Å². The van der Waals surface area contributed by atoms with Gasteiger partial charge in [0.1, 0.15) is 0 Å². The number of fused-ring (bicyclic) bond motifs is 2. The van der Waals surface area contributed by atoms with Gasteiger partial charge in [-0.05, 0) is 31.4 Å². The van der Waals surface area contributed by atoms with Gasteiger partial charge in [0.25, 0.3) is 5.56 Å². The second-order valence-electron chi connectivity index (χ2n) is 4.64. The first-order chi connectivity index (χ1) is 8.83. The number of benzene rings is 1. The molecule has 0 radical (unpaired) electrons. The topological polar surface area (TPSA) is 66.5 Å². The fourth-order valence-electron chi connectivity index (χ4n) is 2.62. The number of rotatable bonds is 1. The molecule has 0 amide bonds. The van der Waals surface area contributed by atoms with Crippen molar-refractivity contribution in [3.63, 3.8) is 0 Å². The number of para-hydroxylation sites is 2. The van der Waals surface area contributed by atoms with Gasteiger partial charge in [-0.25, -0.2) is 4.98 Å². The largest absolute Gasteiger partial charge is 0.322 e. The summed E-state index contributed by atoms with van der Waals surface area (Å²) in [5.41, 5.74) is 3.81. The highest BCUT2D eigenvalue weighted by molar-refractivity contribution is 5.75. The van der Waals surface area contributed by atoms with E-state index in [0.29, 0.717) is 5.95 Å². The van der Waals surface area contributed by atoms with E-state index in [-0.39, 0.29) is 5.56 Å². The van der Waals surface area contributed by atoms with Crippen molar-refractivity contribution < 1.29 is 0 Å². The lowest BCUT2D eigenvalue weighted by molar-refractivity contribution is 0.752. The van der Waals surface area contributed by atoms with Crippen molar-refractivity contribution in [2.45, 2.75) is 19.3 Å². The van der Waals surface area contributed by atoms with Crippen LogP contribution in [0, 0.1) is 0 Å². The molecule has 2 aromatic heterocycles. The highest BCUT2D eigenvalue weighted by Crippen LogP contribution is 2.18. The van der Waals surface area contributed by atoms with Crippen LogP contribution in [0.15, 0.2) is 29.1 Å². The SMILES string of the molecule is O=c1c2c([nH]n1-c1nc3ccccc3[nH]1)CCC2. The molecular formula is C13H12N4O. The predicted octanol–water partition coefficient (Wildman–Crippen LogP) is 1.53. The average Bonchev–Trinajstić information content (AvgIpc) is 3.04. The summed E-state index contributed by atoms with van der Waals surface area (Å²) in [6.45, 7) is 0. The van der Waals surface area contributed by atoms with Crippen LogP contribution in [0.3, 0.4) is 0 Å². The fourth-order valence-corrected chi connectivity index (χ4v) is 2.62. The number of H-pyrrole nitrogens is 2. The molecule has 1 aliphatic carbocycles. The summed E-state index contributed by atoms with van der Waals surface area (Å²) in [6.07, 6.45) is 2.90. The van der Waals surface area contributed by atoms with Crippen molar-refractivity contribution in [1.29, 1.82) is 0 Å². The fraction of sp³-hybridized carbons (Fsp3) is 0.231. The Kier molecular flexibility index (Phi) is 1.81. The summed E-state index contributed by atoms with van der Waals surface area (Å²) in [4.78, 5) is 19.8. The van der Waals surface area contributed by atoms with Gasteiger partial charge in [-0.1, -0.05) is 12.1 Å². The quantitative estimate of drug-likeness (QED) is 0.677. The van der Waals surface area contributed by atoms with Gasteiger partial charge < -0.3 is 4.98 Å². The lowest BCUT2D eigenvalue weighted by Crippen LogP contribution is -2.18. The molecule has 18 heavy (non-hydrogen) atoms. The maximum absolute atomic E-state index is 12.2. The lowest BCUT2D eigenvalue weighted by atomic mass is 10.3. The van der Waals surface area contributed by atoms with Crippen LogP contribution >= 0.6 is 0 Å². The lowest BCUT2D eigenvalue weighted by Gasteiger charge is -1.95. The number of aryl methyl sites for hydroxylation is 1. The molecule has 0 bridgehead atoms. The molecule has 2 heterocycles. The number of hydrogen-bond acceptors (Lipinski definition) is 2. The van der Waals surface area contributed by atoms with E-state index in [2.05, 4.69) is 15.1 Å². The van der Waals surface area contributed by atoms with E-state index >= 15 is 0 Å². The van der Waals surface area contributed by atoms with Gasteiger partial charge in [-0.2, -0.15) is 4.68 Å². The second kappa shape index (κ2) is 3.35. The zero-order valence-corrected chi connectivity index (χ0v) is 9.73. The van der Waals surface area contributed by atoms with Gasteiger partial charge in [0.15, 0.2) is 0 Å². The molecule has 0 saturated heterocycles. The zero-order valence-electron chi connectivity index (χ0n) is 9.73. The Morgan fingerprint density at radius 3 is 2.94 bits per heavy atom. The highest BCUT2D eigenvalue weighted by Gasteiger charge is 2.20. The summed E-state index contributed by atoms with van der Waals surface area (Å²) in [5, 5.41) is 3.15. The molecule has 0 atom stereocenters. The molecule has 0 unspecified atom stereocenters. The average molecular weight is 240 g/mol. The molecular weight excluding hydrogens is 228 g/mol. The first-order valence-electron chi connectivity index (χ1n) is 6.11. The van der Waals surface area contributed by atoms with E-state index in [4.69, 9.17) is 0 Å². The third kappa shape index (κ3) is 1.21. The van der Waals surface area contributed by atoms with Crippen molar-refractivity contribution in [1.82, 2.24) is 19.7 Å². The van der Waals surface area contributed by atoms with Crippen molar-refractivity contribution in [2.75, 3.05) is 0 Å². The number of aromatic nitrogens is 4. The number of aromatic amines is 2. The van der Waals surface area contributed by atoms with E-state index in [1.54, 1.807) is 0 Å². The summed E-state index contributed by atoms with van der Waals surface area (Å²) in [7, 11) is 0. The molecule has 1 aromatic carbocycles. The second-order valence-corrected chi connectivity index (χ2v) is 4.64. The van der Waals surface area contributed by atoms with Gasteiger partial charge in [-0.15, -0.1) is 0 Å². The van der Waals surface area contributed by atoms with Crippen LogP contribution in [-0.4, -0.2) is 19.7 Å². The van der Waals surface area contributed by atoms with Crippen LogP contribution in [0.1, 0.15) is 17.7 Å². The predicted molar refractivity (Wildman–Crippen MR) is 68.1 cm³/mol. The third-order valence-corrected chi connectivity index (χ3v) is 3.51. The Morgan fingerprint density at radius 1 is 1.22 bits per heavy atom. The zero-order chi connectivity index (χ0) is 12.1. The summed E-state index contributed by atoms with van der Waals surface area (Å²) >= 11 is 0. The number of imidazole rings is 1. The van der Waals surface area contributed by atoms with Crippen LogP contribution < -0.4 is 5.56 Å². The van der Waals surface area contributed by atoms with E-state index in [9.17, 15) is 4.79 Å². The van der Waals surface area contributed by atoms with Crippen molar-refractivity contribution in [2.24, 2.45) is 0 Å². The number of nitrogens with one attached hydrogen (secondary N) is 2. The van der Waals surface area contributed by atoms with Crippen LogP contribution in [0.5, 0.6) is 0 Å². The first-order valence-corrected chi connectivity index (χ1v) is 6.11. The molecule has 3 aromatic rings. The summed E-state index contributed by atoms with van der Waals surface area (Å²) in [5.74, 6) is 0.565. The number of hydrogen-bond donors (Lipinski definition) is 2. The molecule has 0 fully saturated rings. The monoisotopic (exact) mass is 240 g/mol. The van der Waals surface area contributed by atoms with Gasteiger partial charge in [-0.3, -0.25) is 9.89 Å². The smallest absolute Gasteiger partial charge is 0.277 e. The molecule has 2 N–H and O–H groups in total. The van der Waals surface area contributed by atoms with Crippen molar-refractivity contribution in [3.05, 3.63) is 45.9 Å². The Hall–Kier alpha value is -2.30. The highest BCUT2D eigenvalue weighted by atomic mass is 16.1. The van der Waals surface area contributed by atoms with Crippen LogP contribution in [0.4, 0.5) is 0 Å². The van der Waals surface area contributed by atoms with E-state index < -0.39 is 0 Å². The molecule has 5 nitrogen and oxygen atoms in total. The van der Waals surface area contributed by atoms with Crippen LogP contribution in [0.2, 0.25) is 0 Å². The van der Waals surface area contributed by atoms with Gasteiger partial charge in [0, 0.05) is 11.3 Å².